The van der Waals surface area contributed by atoms with Gasteiger partial charge < -0.3 is 10.6 Å². The van der Waals surface area contributed by atoms with Gasteiger partial charge in [-0.15, -0.1) is 5.10 Å². The Labute approximate surface area is 145 Å². The summed E-state index contributed by atoms with van der Waals surface area (Å²) in [7, 11) is 0. The van der Waals surface area contributed by atoms with Gasteiger partial charge in [0, 0.05) is 21.8 Å². The molecule has 23 heavy (non-hydrogen) atoms. The summed E-state index contributed by atoms with van der Waals surface area (Å²) in [6.45, 7) is 0. The van der Waals surface area contributed by atoms with Crippen LogP contribution < -0.4 is 10.6 Å². The van der Waals surface area contributed by atoms with Gasteiger partial charge in [0.2, 0.25) is 5.95 Å². The molecule has 1 aliphatic rings. The minimum absolute atomic E-state index is 0.426. The summed E-state index contributed by atoms with van der Waals surface area (Å²) in [5.74, 6) is 1.16. The highest BCUT2D eigenvalue weighted by Crippen LogP contribution is 2.25. The average Bonchev–Trinajstić information content (AvgIpc) is 2.75. The third-order valence-electron chi connectivity index (χ3n) is 3.88. The van der Waals surface area contributed by atoms with Crippen molar-refractivity contribution >= 4 is 40.7 Å². The molecule has 2 aromatic rings. The zero-order chi connectivity index (χ0) is 16.1. The van der Waals surface area contributed by atoms with Gasteiger partial charge in [-0.1, -0.05) is 48.9 Å². The van der Waals surface area contributed by atoms with E-state index in [1.807, 2.05) is 0 Å². The van der Waals surface area contributed by atoms with Crippen LogP contribution in [0.15, 0.2) is 24.4 Å². The third-order valence-corrected chi connectivity index (χ3v) is 4.32. The fraction of sp³-hybridized carbons (Fsp3) is 0.438. The van der Waals surface area contributed by atoms with Gasteiger partial charge in [0.15, 0.2) is 5.82 Å². The Morgan fingerprint density at radius 1 is 0.957 bits per heavy atom. The molecule has 1 aromatic heterocycles. The molecule has 0 radical (unpaired) electrons. The second-order valence-corrected chi connectivity index (χ2v) is 6.65. The van der Waals surface area contributed by atoms with E-state index in [9.17, 15) is 0 Å². The molecule has 0 unspecified atom stereocenters. The van der Waals surface area contributed by atoms with Crippen molar-refractivity contribution in [3.05, 3.63) is 34.4 Å². The molecule has 1 saturated carbocycles. The van der Waals surface area contributed by atoms with Gasteiger partial charge in [0.1, 0.15) is 0 Å². The van der Waals surface area contributed by atoms with E-state index < -0.39 is 0 Å². The Morgan fingerprint density at radius 3 is 2.35 bits per heavy atom. The molecular formula is C16H19Cl2N5. The number of rotatable bonds is 4. The van der Waals surface area contributed by atoms with Gasteiger partial charge in [0.25, 0.3) is 0 Å². The maximum atomic E-state index is 6.01. The first-order chi connectivity index (χ1) is 11.2. The van der Waals surface area contributed by atoms with Crippen LogP contribution in [0.5, 0.6) is 0 Å². The van der Waals surface area contributed by atoms with Crippen LogP contribution in [0, 0.1) is 0 Å². The maximum absolute atomic E-state index is 6.01. The molecule has 3 rings (SSSR count). The van der Waals surface area contributed by atoms with E-state index >= 15 is 0 Å². The lowest BCUT2D eigenvalue weighted by atomic mass is 10.1. The Morgan fingerprint density at radius 2 is 1.65 bits per heavy atom. The molecule has 0 amide bonds. The van der Waals surface area contributed by atoms with Crippen molar-refractivity contribution in [3.63, 3.8) is 0 Å². The van der Waals surface area contributed by atoms with Crippen molar-refractivity contribution in [3.8, 4) is 0 Å². The van der Waals surface area contributed by atoms with Gasteiger partial charge in [-0.2, -0.15) is 10.1 Å². The van der Waals surface area contributed by atoms with E-state index in [-0.39, 0.29) is 0 Å². The van der Waals surface area contributed by atoms with Crippen LogP contribution >= 0.6 is 23.2 Å². The topological polar surface area (TPSA) is 62.7 Å². The van der Waals surface area contributed by atoms with Gasteiger partial charge >= 0.3 is 0 Å². The van der Waals surface area contributed by atoms with Crippen molar-refractivity contribution in [1.29, 1.82) is 0 Å². The number of hydrogen-bond donors (Lipinski definition) is 2. The highest BCUT2D eigenvalue weighted by atomic mass is 35.5. The summed E-state index contributed by atoms with van der Waals surface area (Å²) in [5, 5.41) is 15.8. The van der Waals surface area contributed by atoms with Crippen LogP contribution in [0.25, 0.3) is 0 Å². The quantitative estimate of drug-likeness (QED) is 0.754. The fourth-order valence-electron chi connectivity index (χ4n) is 2.81. The molecule has 0 aliphatic heterocycles. The van der Waals surface area contributed by atoms with Crippen molar-refractivity contribution in [1.82, 2.24) is 15.2 Å². The molecule has 1 heterocycles. The molecular weight excluding hydrogens is 333 g/mol. The Balaban J connectivity index is 1.69. The largest absolute Gasteiger partial charge is 0.350 e. The molecule has 1 fully saturated rings. The zero-order valence-corrected chi connectivity index (χ0v) is 14.2. The van der Waals surface area contributed by atoms with Gasteiger partial charge in [-0.25, -0.2) is 0 Å². The van der Waals surface area contributed by atoms with Crippen molar-refractivity contribution in [2.45, 2.75) is 44.6 Å². The van der Waals surface area contributed by atoms with Gasteiger partial charge in [0.05, 0.1) is 6.20 Å². The number of anilines is 3. The molecule has 0 atom stereocenters. The predicted molar refractivity (Wildman–Crippen MR) is 94.7 cm³/mol. The number of nitrogens with zero attached hydrogens (tertiary/aromatic N) is 3. The molecule has 0 bridgehead atoms. The normalized spacial score (nSPS) is 15.9. The van der Waals surface area contributed by atoms with E-state index in [4.69, 9.17) is 23.2 Å². The second-order valence-electron chi connectivity index (χ2n) is 5.78. The maximum Gasteiger partial charge on any atom is 0.244 e. The number of halogens is 2. The number of nitrogens with one attached hydrogen (secondary N) is 2. The molecule has 0 spiro atoms. The monoisotopic (exact) mass is 351 g/mol. The first-order valence-electron chi connectivity index (χ1n) is 7.88. The lowest BCUT2D eigenvalue weighted by molar-refractivity contribution is 0.613. The summed E-state index contributed by atoms with van der Waals surface area (Å²) in [5.41, 5.74) is 0.767. The molecule has 2 N–H and O–H groups in total. The minimum Gasteiger partial charge on any atom is -0.350 e. The van der Waals surface area contributed by atoms with Crippen LogP contribution in [-0.4, -0.2) is 21.2 Å². The Kier molecular flexibility index (Phi) is 5.51. The summed E-state index contributed by atoms with van der Waals surface area (Å²) < 4.78 is 0. The SMILES string of the molecule is Clc1cc(Cl)cc(Nc2cnnc(NC3CCCCCC3)n2)c1. The highest BCUT2D eigenvalue weighted by Gasteiger charge is 2.13. The molecule has 7 heteroatoms. The van der Waals surface area contributed by atoms with Gasteiger partial charge in [-0.05, 0) is 31.0 Å². The predicted octanol–water partition coefficient (Wildman–Crippen LogP) is 5.06. The van der Waals surface area contributed by atoms with Crippen LogP contribution in [0.3, 0.4) is 0 Å². The first kappa shape index (κ1) is 16.3. The average molecular weight is 352 g/mol. The van der Waals surface area contributed by atoms with Crippen molar-refractivity contribution < 1.29 is 0 Å². The minimum atomic E-state index is 0.426. The van der Waals surface area contributed by atoms with E-state index in [0.717, 1.165) is 18.5 Å². The molecule has 1 aliphatic carbocycles. The van der Waals surface area contributed by atoms with E-state index in [2.05, 4.69) is 25.8 Å². The summed E-state index contributed by atoms with van der Waals surface area (Å²) in [6.07, 6.45) is 9.03. The van der Waals surface area contributed by atoms with Crippen LogP contribution in [-0.2, 0) is 0 Å². The molecule has 122 valence electrons. The summed E-state index contributed by atoms with van der Waals surface area (Å²) in [4.78, 5) is 4.47. The molecule has 1 aromatic carbocycles. The van der Waals surface area contributed by atoms with Crippen LogP contribution in [0.4, 0.5) is 17.5 Å². The van der Waals surface area contributed by atoms with Crippen LogP contribution in [0.1, 0.15) is 38.5 Å². The van der Waals surface area contributed by atoms with Crippen molar-refractivity contribution in [2.24, 2.45) is 0 Å². The highest BCUT2D eigenvalue weighted by molar-refractivity contribution is 6.35. The Bertz CT molecular complexity index is 636. The lowest BCUT2D eigenvalue weighted by Gasteiger charge is -2.16. The third kappa shape index (κ3) is 4.94. The van der Waals surface area contributed by atoms with E-state index in [1.54, 1.807) is 24.4 Å². The lowest BCUT2D eigenvalue weighted by Crippen LogP contribution is -2.20. The smallest absolute Gasteiger partial charge is 0.244 e. The van der Waals surface area contributed by atoms with Gasteiger partial charge in [-0.3, -0.25) is 0 Å². The summed E-state index contributed by atoms with van der Waals surface area (Å²) in [6, 6.07) is 5.68. The fourth-order valence-corrected chi connectivity index (χ4v) is 3.33. The molecule has 0 saturated heterocycles. The number of benzene rings is 1. The van der Waals surface area contributed by atoms with E-state index in [0.29, 0.717) is 27.9 Å². The number of aromatic nitrogens is 3. The van der Waals surface area contributed by atoms with Crippen molar-refractivity contribution in [2.75, 3.05) is 10.6 Å². The van der Waals surface area contributed by atoms with Crippen LogP contribution in [0.2, 0.25) is 10.0 Å². The zero-order valence-electron chi connectivity index (χ0n) is 12.7. The molecule has 5 nitrogen and oxygen atoms in total. The summed E-state index contributed by atoms with van der Waals surface area (Å²) >= 11 is 12.0. The second kappa shape index (κ2) is 7.79. The number of hydrogen-bond acceptors (Lipinski definition) is 5. The Hall–Kier alpha value is -1.59. The first-order valence-corrected chi connectivity index (χ1v) is 8.64. The van der Waals surface area contributed by atoms with E-state index in [1.165, 1.54) is 25.7 Å². The standard InChI is InChI=1S/C16H19Cl2N5/c17-11-7-12(18)9-14(8-11)20-15-10-19-23-16(22-15)21-13-5-3-1-2-4-6-13/h7-10,13H,1-6H2,(H2,20,21,22,23).